The number of aliphatic hydroxyl groups excluding tert-OH is 1. The number of hydrogen-bond donors (Lipinski definition) is 1. The summed E-state index contributed by atoms with van der Waals surface area (Å²) in [5, 5.41) is 11.6. The molecule has 3 nitrogen and oxygen atoms in total. The Morgan fingerprint density at radius 1 is 1.26 bits per heavy atom. The monoisotopic (exact) mass is 364 g/mol. The highest BCUT2D eigenvalue weighted by Crippen LogP contribution is 2.35. The fourth-order valence-electron chi connectivity index (χ4n) is 2.42. The molecule has 6 heteroatoms. The lowest BCUT2D eigenvalue weighted by Gasteiger charge is -2.10. The van der Waals surface area contributed by atoms with Crippen molar-refractivity contribution in [2.24, 2.45) is 0 Å². The van der Waals surface area contributed by atoms with Gasteiger partial charge in [0.2, 0.25) is 0 Å². The van der Waals surface area contributed by atoms with E-state index >= 15 is 0 Å². The smallest absolute Gasteiger partial charge is 0.138 e. The molecule has 1 unspecified atom stereocenters. The summed E-state index contributed by atoms with van der Waals surface area (Å²) in [5.41, 5.74) is 2.69. The fourth-order valence-corrected chi connectivity index (χ4v) is 4.04. The van der Waals surface area contributed by atoms with Crippen LogP contribution in [0.15, 0.2) is 42.9 Å². The van der Waals surface area contributed by atoms with Crippen molar-refractivity contribution in [2.75, 3.05) is 0 Å². The van der Waals surface area contributed by atoms with Crippen molar-refractivity contribution in [3.63, 3.8) is 0 Å². The number of thiophene rings is 1. The highest BCUT2D eigenvalue weighted by molar-refractivity contribution is 7.12. The number of hydrogen-bond acceptors (Lipinski definition) is 4. The van der Waals surface area contributed by atoms with Crippen LogP contribution in [-0.2, 0) is 6.42 Å². The number of aromatic nitrogens is 2. The van der Waals surface area contributed by atoms with Crippen molar-refractivity contribution >= 4 is 34.5 Å². The third-order valence-electron chi connectivity index (χ3n) is 3.51. The second kappa shape index (κ2) is 6.97. The van der Waals surface area contributed by atoms with Crippen LogP contribution in [0, 0.1) is 6.92 Å². The number of aryl methyl sites for hydroxylation is 1. The topological polar surface area (TPSA) is 46.0 Å². The molecule has 0 spiro atoms. The quantitative estimate of drug-likeness (QED) is 0.674. The molecular formula is C17H14Cl2N2OS. The van der Waals surface area contributed by atoms with E-state index in [2.05, 4.69) is 16.0 Å². The Hall–Kier alpha value is -1.46. The average molecular weight is 365 g/mol. The van der Waals surface area contributed by atoms with E-state index in [4.69, 9.17) is 23.2 Å². The summed E-state index contributed by atoms with van der Waals surface area (Å²) in [6, 6.07) is 9.88. The van der Waals surface area contributed by atoms with Crippen molar-refractivity contribution in [3.8, 4) is 0 Å². The van der Waals surface area contributed by atoms with Gasteiger partial charge in [-0.2, -0.15) is 0 Å². The highest BCUT2D eigenvalue weighted by Gasteiger charge is 2.20. The molecule has 0 aliphatic carbocycles. The second-order valence-electron chi connectivity index (χ2n) is 5.24. The first kappa shape index (κ1) is 16.4. The predicted molar refractivity (Wildman–Crippen MR) is 94.4 cm³/mol. The molecule has 1 N–H and O–H groups in total. The lowest BCUT2D eigenvalue weighted by molar-refractivity contribution is 0.222. The Balaban J connectivity index is 1.88. The summed E-state index contributed by atoms with van der Waals surface area (Å²) in [7, 11) is 0. The zero-order chi connectivity index (χ0) is 16.4. The molecule has 0 amide bonds. The molecule has 2 aromatic heterocycles. The Morgan fingerprint density at radius 2 is 2.09 bits per heavy atom. The van der Waals surface area contributed by atoms with Gasteiger partial charge < -0.3 is 5.11 Å². The van der Waals surface area contributed by atoms with Gasteiger partial charge in [0.15, 0.2) is 0 Å². The number of rotatable bonds is 4. The molecule has 1 atom stereocenters. The minimum atomic E-state index is -0.818. The molecule has 0 saturated heterocycles. The molecule has 1 aromatic carbocycles. The van der Waals surface area contributed by atoms with Gasteiger partial charge in [-0.1, -0.05) is 35.3 Å². The van der Waals surface area contributed by atoms with Gasteiger partial charge in [0.25, 0.3) is 0 Å². The summed E-state index contributed by atoms with van der Waals surface area (Å²) in [5.74, 6) is 0. The van der Waals surface area contributed by atoms with Crippen LogP contribution in [0.5, 0.6) is 0 Å². The largest absolute Gasteiger partial charge is 0.383 e. The normalized spacial score (nSPS) is 12.3. The van der Waals surface area contributed by atoms with Crippen LogP contribution in [0.3, 0.4) is 0 Å². The summed E-state index contributed by atoms with van der Waals surface area (Å²) in [6.07, 6.45) is 2.87. The second-order valence-corrected chi connectivity index (χ2v) is 7.20. The number of halogens is 2. The summed E-state index contributed by atoms with van der Waals surface area (Å²) in [4.78, 5) is 9.88. The van der Waals surface area contributed by atoms with Crippen molar-refractivity contribution in [2.45, 2.75) is 19.4 Å². The van der Waals surface area contributed by atoms with Crippen LogP contribution in [0.2, 0.25) is 10.2 Å². The van der Waals surface area contributed by atoms with Crippen LogP contribution >= 0.6 is 34.5 Å². The van der Waals surface area contributed by atoms with E-state index < -0.39 is 6.10 Å². The van der Waals surface area contributed by atoms with E-state index in [0.29, 0.717) is 5.56 Å². The van der Waals surface area contributed by atoms with Crippen molar-refractivity contribution in [3.05, 3.63) is 79.5 Å². The zero-order valence-electron chi connectivity index (χ0n) is 12.3. The summed E-state index contributed by atoms with van der Waals surface area (Å²) >= 11 is 13.6. The molecule has 0 bridgehead atoms. The van der Waals surface area contributed by atoms with Crippen molar-refractivity contribution in [1.82, 2.24) is 9.97 Å². The lowest BCUT2D eigenvalue weighted by atomic mass is 10.1. The van der Waals surface area contributed by atoms with Crippen LogP contribution in [0.4, 0.5) is 0 Å². The maximum absolute atomic E-state index is 10.6. The number of aliphatic hydroxyl groups is 1. The van der Waals surface area contributed by atoms with Crippen molar-refractivity contribution in [1.29, 1.82) is 0 Å². The fraction of sp³-hybridized carbons (Fsp3) is 0.176. The van der Waals surface area contributed by atoms with Gasteiger partial charge in [-0.3, -0.25) is 0 Å². The Bertz CT molecular complexity index is 835. The summed E-state index contributed by atoms with van der Waals surface area (Å²) < 4.78 is 0. The SMILES string of the molecule is Cc1cc(Cc2cccc(Cl)c2)sc1C(O)c1cncnc1Cl. The van der Waals surface area contributed by atoms with Crippen LogP contribution in [0.1, 0.15) is 32.5 Å². The molecule has 118 valence electrons. The molecule has 0 saturated carbocycles. The minimum Gasteiger partial charge on any atom is -0.383 e. The Labute approximate surface area is 148 Å². The molecule has 0 aliphatic rings. The molecule has 0 aliphatic heterocycles. The standard InChI is InChI=1S/C17H14Cl2N2OS/c1-10-5-13(7-11-3-2-4-12(18)6-11)23-16(10)15(22)14-8-20-9-21-17(14)19/h2-6,8-9,15,22H,7H2,1H3. The maximum atomic E-state index is 10.6. The molecular weight excluding hydrogens is 351 g/mol. The van der Waals surface area contributed by atoms with E-state index in [-0.39, 0.29) is 5.15 Å². The van der Waals surface area contributed by atoms with Gasteiger partial charge in [-0.15, -0.1) is 11.3 Å². The third-order valence-corrected chi connectivity index (χ3v) is 5.35. The Morgan fingerprint density at radius 3 is 2.83 bits per heavy atom. The molecule has 0 radical (unpaired) electrons. The third kappa shape index (κ3) is 3.72. The molecule has 3 aromatic rings. The number of benzene rings is 1. The molecule has 0 fully saturated rings. The lowest BCUT2D eigenvalue weighted by Crippen LogP contribution is -2.01. The van der Waals surface area contributed by atoms with E-state index in [0.717, 1.165) is 32.3 Å². The maximum Gasteiger partial charge on any atom is 0.138 e. The van der Waals surface area contributed by atoms with Gasteiger partial charge in [0.05, 0.1) is 0 Å². The zero-order valence-corrected chi connectivity index (χ0v) is 14.7. The van der Waals surface area contributed by atoms with Gasteiger partial charge >= 0.3 is 0 Å². The van der Waals surface area contributed by atoms with Crippen LogP contribution in [-0.4, -0.2) is 15.1 Å². The molecule has 2 heterocycles. The highest BCUT2D eigenvalue weighted by atomic mass is 35.5. The first-order chi connectivity index (χ1) is 11.0. The first-order valence-corrected chi connectivity index (χ1v) is 8.59. The Kier molecular flexibility index (Phi) is 4.97. The van der Waals surface area contributed by atoms with E-state index in [9.17, 15) is 5.11 Å². The number of nitrogens with zero attached hydrogens (tertiary/aromatic N) is 2. The van der Waals surface area contributed by atoms with E-state index in [1.807, 2.05) is 31.2 Å². The van der Waals surface area contributed by atoms with Gasteiger partial charge in [-0.05, 0) is 36.2 Å². The predicted octanol–water partition coefficient (Wildman–Crippen LogP) is 4.83. The van der Waals surface area contributed by atoms with Gasteiger partial charge in [-0.25, -0.2) is 9.97 Å². The summed E-state index contributed by atoms with van der Waals surface area (Å²) in [6.45, 7) is 1.98. The van der Waals surface area contributed by atoms with Crippen LogP contribution in [0.25, 0.3) is 0 Å². The average Bonchev–Trinajstić information content (AvgIpc) is 2.87. The van der Waals surface area contributed by atoms with E-state index in [1.165, 1.54) is 6.33 Å². The van der Waals surface area contributed by atoms with Gasteiger partial charge in [0, 0.05) is 33.0 Å². The van der Waals surface area contributed by atoms with E-state index in [1.54, 1.807) is 17.5 Å². The minimum absolute atomic E-state index is 0.275. The first-order valence-electron chi connectivity index (χ1n) is 7.01. The van der Waals surface area contributed by atoms with Crippen molar-refractivity contribution < 1.29 is 5.11 Å². The van der Waals surface area contributed by atoms with Crippen LogP contribution < -0.4 is 0 Å². The molecule has 3 rings (SSSR count). The molecule has 23 heavy (non-hydrogen) atoms. The van der Waals surface area contributed by atoms with Gasteiger partial charge in [0.1, 0.15) is 17.6 Å².